The minimum absolute atomic E-state index is 0.0754. The molecule has 0 aliphatic carbocycles. The van der Waals surface area contributed by atoms with Gasteiger partial charge in [-0.15, -0.1) is 0 Å². The molecule has 2 heterocycles. The maximum absolute atomic E-state index is 13.2. The van der Waals surface area contributed by atoms with Crippen LogP contribution in [0.25, 0.3) is 0 Å². The van der Waals surface area contributed by atoms with Crippen LogP contribution in [0.1, 0.15) is 28.5 Å². The maximum Gasteiger partial charge on any atom is 0.254 e. The predicted octanol–water partition coefficient (Wildman–Crippen LogP) is 3.42. The summed E-state index contributed by atoms with van der Waals surface area (Å²) >= 11 is 0. The summed E-state index contributed by atoms with van der Waals surface area (Å²) < 4.78 is 18.8. The summed E-state index contributed by atoms with van der Waals surface area (Å²) in [6.45, 7) is 3.87. The molecule has 0 saturated carbocycles. The lowest BCUT2D eigenvalue weighted by Crippen LogP contribution is -2.54. The number of ether oxygens (including phenoxy) is 1. The van der Waals surface area contributed by atoms with Crippen LogP contribution in [0, 0.1) is 17.1 Å². The molecule has 162 valence electrons. The van der Waals surface area contributed by atoms with E-state index in [2.05, 4.69) is 16.0 Å². The zero-order chi connectivity index (χ0) is 22.5. The molecule has 1 aliphatic rings. The minimum atomic E-state index is -0.293. The Hall–Kier alpha value is -3.99. The molecule has 0 spiro atoms. The SMILES string of the molecule is C[C@H]1CN(c2nccnc2C#N)CCN1C(=O)c1cccc(OCc2ccc(F)cc2)c1. The lowest BCUT2D eigenvalue weighted by atomic mass is 10.1. The number of hydrogen-bond acceptors (Lipinski definition) is 6. The van der Waals surface area contributed by atoms with Crippen molar-refractivity contribution in [3.63, 3.8) is 0 Å². The first-order chi connectivity index (χ1) is 15.5. The van der Waals surface area contributed by atoms with Gasteiger partial charge in [0.1, 0.15) is 24.2 Å². The highest BCUT2D eigenvalue weighted by Gasteiger charge is 2.30. The topological polar surface area (TPSA) is 82.4 Å². The van der Waals surface area contributed by atoms with Gasteiger partial charge in [0.05, 0.1) is 0 Å². The average Bonchev–Trinajstić information content (AvgIpc) is 2.83. The molecule has 1 atom stereocenters. The van der Waals surface area contributed by atoms with Crippen molar-refractivity contribution in [1.29, 1.82) is 5.26 Å². The quantitative estimate of drug-likeness (QED) is 0.616. The zero-order valence-electron chi connectivity index (χ0n) is 17.6. The lowest BCUT2D eigenvalue weighted by Gasteiger charge is -2.40. The number of benzene rings is 2. The summed E-state index contributed by atoms with van der Waals surface area (Å²) in [5.41, 5.74) is 1.67. The van der Waals surface area contributed by atoms with Crippen molar-refractivity contribution in [1.82, 2.24) is 14.9 Å². The van der Waals surface area contributed by atoms with Gasteiger partial charge in [-0.25, -0.2) is 14.4 Å². The van der Waals surface area contributed by atoms with Gasteiger partial charge >= 0.3 is 0 Å². The number of carbonyl (C=O) groups is 1. The van der Waals surface area contributed by atoms with E-state index in [0.717, 1.165) is 5.56 Å². The molecular formula is C24H22FN5O2. The van der Waals surface area contributed by atoms with E-state index in [1.807, 2.05) is 16.7 Å². The Morgan fingerprint density at radius 2 is 1.97 bits per heavy atom. The van der Waals surface area contributed by atoms with Crippen LogP contribution in [0.4, 0.5) is 10.2 Å². The maximum atomic E-state index is 13.2. The highest BCUT2D eigenvalue weighted by atomic mass is 19.1. The van der Waals surface area contributed by atoms with Crippen molar-refractivity contribution < 1.29 is 13.9 Å². The zero-order valence-corrected chi connectivity index (χ0v) is 17.6. The molecule has 0 N–H and O–H groups in total. The third-order valence-corrected chi connectivity index (χ3v) is 5.37. The smallest absolute Gasteiger partial charge is 0.254 e. The third kappa shape index (κ3) is 4.67. The highest BCUT2D eigenvalue weighted by molar-refractivity contribution is 5.95. The molecule has 3 aromatic rings. The average molecular weight is 431 g/mol. The Labute approximate surface area is 185 Å². The largest absolute Gasteiger partial charge is 0.489 e. The molecule has 1 aliphatic heterocycles. The van der Waals surface area contributed by atoms with Crippen LogP contribution >= 0.6 is 0 Å². The van der Waals surface area contributed by atoms with Gasteiger partial charge in [-0.1, -0.05) is 18.2 Å². The van der Waals surface area contributed by atoms with Gasteiger partial charge < -0.3 is 14.5 Å². The summed E-state index contributed by atoms with van der Waals surface area (Å²) in [5, 5.41) is 9.29. The van der Waals surface area contributed by atoms with Crippen molar-refractivity contribution in [2.75, 3.05) is 24.5 Å². The van der Waals surface area contributed by atoms with E-state index < -0.39 is 0 Å². The fourth-order valence-electron chi connectivity index (χ4n) is 3.72. The number of aromatic nitrogens is 2. The Kier molecular flexibility index (Phi) is 6.26. The fraction of sp³-hybridized carbons (Fsp3) is 0.250. The first kappa shape index (κ1) is 21.2. The van der Waals surface area contributed by atoms with Gasteiger partial charge in [0.2, 0.25) is 0 Å². The van der Waals surface area contributed by atoms with Crippen molar-refractivity contribution in [2.45, 2.75) is 19.6 Å². The Bertz CT molecular complexity index is 1150. The number of anilines is 1. The van der Waals surface area contributed by atoms with E-state index in [0.29, 0.717) is 36.8 Å². The van der Waals surface area contributed by atoms with Crippen LogP contribution < -0.4 is 9.64 Å². The van der Waals surface area contributed by atoms with Crippen LogP contribution in [0.2, 0.25) is 0 Å². The molecular weight excluding hydrogens is 409 g/mol. The number of amides is 1. The van der Waals surface area contributed by atoms with Crippen LogP contribution in [-0.4, -0.2) is 46.5 Å². The van der Waals surface area contributed by atoms with Crippen LogP contribution in [0.5, 0.6) is 5.75 Å². The van der Waals surface area contributed by atoms with Crippen LogP contribution in [0.3, 0.4) is 0 Å². The monoisotopic (exact) mass is 431 g/mol. The molecule has 4 rings (SSSR count). The lowest BCUT2D eigenvalue weighted by molar-refractivity contribution is 0.0673. The number of carbonyl (C=O) groups excluding carboxylic acids is 1. The Balaban J connectivity index is 1.41. The van der Waals surface area contributed by atoms with Gasteiger partial charge in [0.15, 0.2) is 11.5 Å². The first-order valence-corrected chi connectivity index (χ1v) is 10.3. The number of nitriles is 1. The number of piperazine rings is 1. The molecule has 1 fully saturated rings. The summed E-state index contributed by atoms with van der Waals surface area (Å²) in [6, 6.07) is 15.2. The number of halogens is 1. The molecule has 32 heavy (non-hydrogen) atoms. The van der Waals surface area contributed by atoms with E-state index in [1.165, 1.54) is 18.3 Å². The van der Waals surface area contributed by atoms with Gasteiger partial charge in [0, 0.05) is 43.6 Å². The van der Waals surface area contributed by atoms with Crippen molar-refractivity contribution in [3.05, 3.63) is 83.6 Å². The van der Waals surface area contributed by atoms with Crippen LogP contribution in [-0.2, 0) is 6.61 Å². The van der Waals surface area contributed by atoms with E-state index >= 15 is 0 Å². The number of hydrogen-bond donors (Lipinski definition) is 0. The predicted molar refractivity (Wildman–Crippen MR) is 117 cm³/mol. The van der Waals surface area contributed by atoms with Gasteiger partial charge in [-0.05, 0) is 42.8 Å². The summed E-state index contributed by atoms with van der Waals surface area (Å²) in [4.78, 5) is 25.3. The minimum Gasteiger partial charge on any atom is -0.489 e. The molecule has 0 bridgehead atoms. The Morgan fingerprint density at radius 3 is 2.72 bits per heavy atom. The van der Waals surface area contributed by atoms with E-state index in [-0.39, 0.29) is 30.1 Å². The van der Waals surface area contributed by atoms with Crippen molar-refractivity contribution >= 4 is 11.7 Å². The normalized spacial score (nSPS) is 15.8. The van der Waals surface area contributed by atoms with Crippen molar-refractivity contribution in [2.24, 2.45) is 0 Å². The standard InChI is InChI=1S/C24H22FN5O2/c1-17-15-29(23-22(14-26)27-9-10-28-23)11-12-30(17)24(31)19-3-2-4-21(13-19)32-16-18-5-7-20(25)8-6-18/h2-10,13,17H,11-12,15-16H2,1H3/t17-/m0/s1. The molecule has 8 heteroatoms. The summed E-state index contributed by atoms with van der Waals surface area (Å²) in [5.74, 6) is 0.748. The molecule has 1 amide bonds. The second kappa shape index (κ2) is 9.43. The summed E-state index contributed by atoms with van der Waals surface area (Å²) in [7, 11) is 0. The van der Waals surface area contributed by atoms with Gasteiger partial charge in [-0.2, -0.15) is 5.26 Å². The molecule has 7 nitrogen and oxygen atoms in total. The van der Waals surface area contributed by atoms with E-state index in [4.69, 9.17) is 4.74 Å². The molecule has 0 unspecified atom stereocenters. The molecule has 0 radical (unpaired) electrons. The fourth-order valence-corrected chi connectivity index (χ4v) is 3.72. The summed E-state index contributed by atoms with van der Waals surface area (Å²) in [6.07, 6.45) is 3.06. The second-order valence-electron chi connectivity index (χ2n) is 7.58. The number of nitrogens with zero attached hydrogens (tertiary/aromatic N) is 5. The Morgan fingerprint density at radius 1 is 1.19 bits per heavy atom. The van der Waals surface area contributed by atoms with Crippen LogP contribution in [0.15, 0.2) is 60.9 Å². The highest BCUT2D eigenvalue weighted by Crippen LogP contribution is 2.22. The van der Waals surface area contributed by atoms with E-state index in [9.17, 15) is 14.4 Å². The van der Waals surface area contributed by atoms with Gasteiger partial charge in [-0.3, -0.25) is 4.79 Å². The second-order valence-corrected chi connectivity index (χ2v) is 7.58. The molecule has 1 aromatic heterocycles. The van der Waals surface area contributed by atoms with Crippen molar-refractivity contribution in [3.8, 4) is 11.8 Å². The molecule has 2 aromatic carbocycles. The molecule has 1 saturated heterocycles. The van der Waals surface area contributed by atoms with Gasteiger partial charge in [0.25, 0.3) is 5.91 Å². The van der Waals surface area contributed by atoms with E-state index in [1.54, 1.807) is 42.6 Å². The first-order valence-electron chi connectivity index (χ1n) is 10.3. The number of rotatable bonds is 5. The third-order valence-electron chi connectivity index (χ3n) is 5.37.